The highest BCUT2D eigenvalue weighted by Crippen LogP contribution is 2.35. The Kier molecular flexibility index (Phi) is 9.21. The van der Waals surface area contributed by atoms with Crippen LogP contribution in [0.2, 0.25) is 0 Å². The number of sulfonamides is 1. The molecule has 0 aliphatic carbocycles. The monoisotopic (exact) mass is 554 g/mol. The van der Waals surface area contributed by atoms with Crippen LogP contribution in [0.25, 0.3) is 0 Å². The predicted molar refractivity (Wildman–Crippen MR) is 133 cm³/mol. The Labute approximate surface area is 218 Å². The van der Waals surface area contributed by atoms with Gasteiger partial charge in [-0.2, -0.15) is 13.2 Å². The maximum absolute atomic E-state index is 13.6. The first-order valence-corrected chi connectivity index (χ1v) is 12.8. The maximum Gasteiger partial charge on any atom is 0.416 e. The standard InChI is InChI=1S/C26H26F4N2O5S/c1-36-23-13-12-22(16-24(23)37-2)38(34,35)32(21-7-3-6-19(15-21)26(28,29)30)17-25(33)31-14-4-5-18-8-10-20(27)11-9-18/h3,6-13,15-16H,4-5,14,17H2,1-2H3,(H,31,33). The summed E-state index contributed by atoms with van der Waals surface area (Å²) in [5.74, 6) is -0.753. The number of nitrogens with zero attached hydrogens (tertiary/aromatic N) is 1. The van der Waals surface area contributed by atoms with Crippen LogP contribution in [0.1, 0.15) is 17.5 Å². The Morgan fingerprint density at radius 1 is 0.947 bits per heavy atom. The number of carbonyl (C=O) groups is 1. The third-order valence-corrected chi connectivity index (χ3v) is 7.34. The van der Waals surface area contributed by atoms with Crippen molar-refractivity contribution < 1.29 is 40.2 Å². The van der Waals surface area contributed by atoms with E-state index in [1.165, 1.54) is 44.6 Å². The van der Waals surface area contributed by atoms with E-state index in [0.717, 1.165) is 23.8 Å². The maximum atomic E-state index is 13.6. The molecule has 0 atom stereocenters. The van der Waals surface area contributed by atoms with Crippen molar-refractivity contribution in [1.82, 2.24) is 5.32 Å². The number of hydrogen-bond acceptors (Lipinski definition) is 5. The van der Waals surface area contributed by atoms with Crippen LogP contribution in [0, 0.1) is 5.82 Å². The molecule has 0 spiro atoms. The van der Waals surface area contributed by atoms with Crippen molar-refractivity contribution in [3.63, 3.8) is 0 Å². The second-order valence-corrected chi connectivity index (χ2v) is 10.0. The number of ether oxygens (including phenoxy) is 2. The van der Waals surface area contributed by atoms with Gasteiger partial charge in [0, 0.05) is 12.6 Å². The molecule has 0 fully saturated rings. The van der Waals surface area contributed by atoms with E-state index in [4.69, 9.17) is 9.47 Å². The lowest BCUT2D eigenvalue weighted by Gasteiger charge is -2.25. The van der Waals surface area contributed by atoms with Crippen LogP contribution in [0.5, 0.6) is 11.5 Å². The lowest BCUT2D eigenvalue weighted by Crippen LogP contribution is -2.41. The second-order valence-electron chi connectivity index (χ2n) is 8.16. The van der Waals surface area contributed by atoms with Gasteiger partial charge in [0.15, 0.2) is 11.5 Å². The lowest BCUT2D eigenvalue weighted by molar-refractivity contribution is -0.137. The first-order valence-electron chi connectivity index (χ1n) is 11.4. The molecule has 0 unspecified atom stereocenters. The molecular formula is C26H26F4N2O5S. The molecule has 38 heavy (non-hydrogen) atoms. The van der Waals surface area contributed by atoms with E-state index in [-0.39, 0.29) is 34.4 Å². The van der Waals surface area contributed by atoms with Crippen LogP contribution >= 0.6 is 0 Å². The van der Waals surface area contributed by atoms with Crippen LogP contribution in [-0.2, 0) is 27.4 Å². The molecule has 3 aromatic rings. The van der Waals surface area contributed by atoms with E-state index in [0.29, 0.717) is 23.2 Å². The quantitative estimate of drug-likeness (QED) is 0.272. The zero-order chi connectivity index (χ0) is 27.9. The fourth-order valence-corrected chi connectivity index (χ4v) is 5.04. The molecule has 0 aromatic heterocycles. The Bertz CT molecular complexity index is 1360. The minimum Gasteiger partial charge on any atom is -0.493 e. The third kappa shape index (κ3) is 7.15. The first-order chi connectivity index (χ1) is 18.0. The van der Waals surface area contributed by atoms with E-state index >= 15 is 0 Å². The largest absolute Gasteiger partial charge is 0.493 e. The normalized spacial score (nSPS) is 11.6. The summed E-state index contributed by atoms with van der Waals surface area (Å²) in [6.07, 6.45) is -3.72. The molecule has 7 nitrogen and oxygen atoms in total. The predicted octanol–water partition coefficient (Wildman–Crippen LogP) is 4.81. The van der Waals surface area contributed by atoms with Gasteiger partial charge in [-0.1, -0.05) is 18.2 Å². The van der Waals surface area contributed by atoms with Gasteiger partial charge in [-0.15, -0.1) is 0 Å². The number of nitrogens with one attached hydrogen (secondary N) is 1. The van der Waals surface area contributed by atoms with Gasteiger partial charge in [-0.3, -0.25) is 9.10 Å². The highest BCUT2D eigenvalue weighted by Gasteiger charge is 2.33. The van der Waals surface area contributed by atoms with Crippen molar-refractivity contribution in [3.05, 3.63) is 83.7 Å². The molecule has 0 saturated carbocycles. The number of anilines is 1. The van der Waals surface area contributed by atoms with Crippen molar-refractivity contribution in [2.24, 2.45) is 0 Å². The Morgan fingerprint density at radius 3 is 2.26 bits per heavy atom. The molecule has 3 rings (SSSR count). The molecule has 0 saturated heterocycles. The summed E-state index contributed by atoms with van der Waals surface area (Å²) in [6.45, 7) is -0.600. The van der Waals surface area contributed by atoms with Crippen LogP contribution < -0.4 is 19.1 Å². The molecule has 0 aliphatic heterocycles. The second kappa shape index (κ2) is 12.2. The fourth-order valence-electron chi connectivity index (χ4n) is 3.61. The number of alkyl halides is 3. The third-order valence-electron chi connectivity index (χ3n) is 5.57. The van der Waals surface area contributed by atoms with E-state index < -0.39 is 34.2 Å². The van der Waals surface area contributed by atoms with Crippen molar-refractivity contribution in [1.29, 1.82) is 0 Å². The Morgan fingerprint density at radius 2 is 1.63 bits per heavy atom. The van der Waals surface area contributed by atoms with Gasteiger partial charge < -0.3 is 14.8 Å². The number of rotatable bonds is 11. The Balaban J connectivity index is 1.85. The molecule has 0 radical (unpaired) electrons. The molecule has 0 bridgehead atoms. The zero-order valence-electron chi connectivity index (χ0n) is 20.6. The number of halogens is 4. The van der Waals surface area contributed by atoms with Gasteiger partial charge in [0.25, 0.3) is 10.0 Å². The zero-order valence-corrected chi connectivity index (χ0v) is 21.4. The minimum absolute atomic E-state index is 0.0859. The number of benzene rings is 3. The highest BCUT2D eigenvalue weighted by atomic mass is 32.2. The topological polar surface area (TPSA) is 84.9 Å². The van der Waals surface area contributed by atoms with Crippen LogP contribution in [0.4, 0.5) is 23.2 Å². The summed E-state index contributed by atoms with van der Waals surface area (Å²) in [4.78, 5) is 12.4. The van der Waals surface area contributed by atoms with E-state index in [9.17, 15) is 30.8 Å². The number of methoxy groups -OCH3 is 2. The molecule has 3 aromatic carbocycles. The average molecular weight is 555 g/mol. The summed E-state index contributed by atoms with van der Waals surface area (Å²) < 4.78 is 91.2. The van der Waals surface area contributed by atoms with Crippen LogP contribution in [0.3, 0.4) is 0 Å². The summed E-state index contributed by atoms with van der Waals surface area (Å²) in [5.41, 5.74) is -0.555. The van der Waals surface area contributed by atoms with Crippen LogP contribution in [-0.4, -0.2) is 41.6 Å². The SMILES string of the molecule is COc1ccc(S(=O)(=O)N(CC(=O)NCCCc2ccc(F)cc2)c2cccc(C(F)(F)F)c2)cc1OC. The van der Waals surface area contributed by atoms with Gasteiger partial charge in [-0.05, 0) is 60.9 Å². The number of aryl methyl sites for hydroxylation is 1. The fraction of sp³-hybridized carbons (Fsp3) is 0.269. The van der Waals surface area contributed by atoms with E-state index in [1.54, 1.807) is 12.1 Å². The van der Waals surface area contributed by atoms with Crippen molar-refractivity contribution in [2.75, 3.05) is 31.6 Å². The number of carbonyl (C=O) groups excluding carboxylic acids is 1. The molecule has 0 heterocycles. The van der Waals surface area contributed by atoms with Gasteiger partial charge in [0.05, 0.1) is 30.4 Å². The van der Waals surface area contributed by atoms with Gasteiger partial charge >= 0.3 is 6.18 Å². The Hall–Kier alpha value is -3.80. The summed E-state index contributed by atoms with van der Waals surface area (Å²) in [6, 6.07) is 13.3. The van der Waals surface area contributed by atoms with Gasteiger partial charge in [0.2, 0.25) is 5.91 Å². The van der Waals surface area contributed by atoms with Gasteiger partial charge in [-0.25, -0.2) is 12.8 Å². The minimum atomic E-state index is -4.72. The number of hydrogen-bond donors (Lipinski definition) is 1. The van der Waals surface area contributed by atoms with E-state index in [1.807, 2.05) is 0 Å². The smallest absolute Gasteiger partial charge is 0.416 e. The molecule has 12 heteroatoms. The summed E-state index contributed by atoms with van der Waals surface area (Å²) in [7, 11) is -1.85. The van der Waals surface area contributed by atoms with Crippen molar-refractivity contribution in [2.45, 2.75) is 23.9 Å². The molecule has 1 amide bonds. The van der Waals surface area contributed by atoms with Gasteiger partial charge in [0.1, 0.15) is 12.4 Å². The average Bonchev–Trinajstić information content (AvgIpc) is 2.89. The van der Waals surface area contributed by atoms with Crippen molar-refractivity contribution >= 4 is 21.6 Å². The van der Waals surface area contributed by atoms with Crippen molar-refractivity contribution in [3.8, 4) is 11.5 Å². The first kappa shape index (κ1) is 28.8. The highest BCUT2D eigenvalue weighted by molar-refractivity contribution is 7.92. The van der Waals surface area contributed by atoms with E-state index in [2.05, 4.69) is 5.32 Å². The molecule has 204 valence electrons. The molecule has 0 aliphatic rings. The molecular weight excluding hydrogens is 528 g/mol. The van der Waals surface area contributed by atoms with Crippen LogP contribution in [0.15, 0.2) is 71.6 Å². The summed E-state index contributed by atoms with van der Waals surface area (Å²) >= 11 is 0. The lowest BCUT2D eigenvalue weighted by atomic mass is 10.1. The summed E-state index contributed by atoms with van der Waals surface area (Å²) in [5, 5.41) is 2.59. The molecule has 1 N–H and O–H groups in total. The number of amides is 1.